The van der Waals surface area contributed by atoms with Crippen molar-refractivity contribution in [3.8, 4) is 0 Å². The van der Waals surface area contributed by atoms with E-state index in [1.807, 2.05) is 32.1 Å². The molecule has 7 heteroatoms. The van der Waals surface area contributed by atoms with E-state index in [2.05, 4.69) is 26.8 Å². The fourth-order valence-electron chi connectivity index (χ4n) is 6.48. The van der Waals surface area contributed by atoms with E-state index in [0.29, 0.717) is 36.3 Å². The van der Waals surface area contributed by atoms with Gasteiger partial charge in [-0.05, 0) is 55.9 Å². The maximum Gasteiger partial charge on any atom is 0.316 e. The van der Waals surface area contributed by atoms with Crippen LogP contribution in [-0.2, 0) is 23.8 Å². The lowest BCUT2D eigenvalue weighted by atomic mass is 9.72. The fourth-order valence-corrected chi connectivity index (χ4v) is 6.48. The molecule has 0 saturated carbocycles. The van der Waals surface area contributed by atoms with Crippen LogP contribution in [0.2, 0.25) is 0 Å². The summed E-state index contributed by atoms with van der Waals surface area (Å²) < 4.78 is 19.5. The van der Waals surface area contributed by atoms with Crippen LogP contribution in [0.25, 0.3) is 0 Å². The molecule has 41 heavy (non-hydrogen) atoms. The number of hydrogen-bond donors (Lipinski definition) is 2. The van der Waals surface area contributed by atoms with Crippen molar-refractivity contribution in [2.75, 3.05) is 0 Å². The highest BCUT2D eigenvalue weighted by Gasteiger charge is 2.50. The predicted octanol–water partition coefficient (Wildman–Crippen LogP) is 5.53. The van der Waals surface area contributed by atoms with Gasteiger partial charge in [0.15, 0.2) is 11.6 Å². The number of aliphatic hydroxyl groups excluding tert-OH is 1. The summed E-state index contributed by atoms with van der Waals surface area (Å²) in [6.45, 7) is 13.7. The van der Waals surface area contributed by atoms with Crippen LogP contribution in [0.5, 0.6) is 0 Å². The van der Waals surface area contributed by atoms with Crippen molar-refractivity contribution in [2.24, 2.45) is 23.7 Å². The van der Waals surface area contributed by atoms with Gasteiger partial charge in [0.05, 0.1) is 18.3 Å². The number of hydrogen-bond acceptors (Lipinski definition) is 7. The number of carbonyl (C=O) groups excluding carboxylic acids is 2. The Balaban J connectivity index is 1.75. The summed E-state index contributed by atoms with van der Waals surface area (Å²) in [6.07, 6.45) is 13.5. The first kappa shape index (κ1) is 31.6. The molecule has 0 amide bonds. The van der Waals surface area contributed by atoms with Crippen molar-refractivity contribution < 1.29 is 34.0 Å². The monoisotopic (exact) mass is 568 g/mol. The van der Waals surface area contributed by atoms with Gasteiger partial charge in [0.1, 0.15) is 17.6 Å². The molecule has 1 saturated heterocycles. The molecule has 0 aromatic carbocycles. The normalized spacial score (nSPS) is 44.5. The number of ether oxygens (including phenoxy) is 3. The number of Topliss-reactive ketones (excluding diaryl/α,β-unsaturated/α-hetero) is 1. The Morgan fingerprint density at radius 3 is 2.51 bits per heavy atom. The zero-order valence-electron chi connectivity index (χ0n) is 25.6. The molecule has 2 N–H and O–H groups in total. The largest absolute Gasteiger partial charge is 0.462 e. The Morgan fingerprint density at radius 1 is 1.07 bits per heavy atom. The molecular formula is C34H48O7. The molecule has 7 nitrogen and oxygen atoms in total. The molecule has 2 bridgehead atoms. The number of allylic oxidation sites excluding steroid dienone is 3. The van der Waals surface area contributed by atoms with Crippen molar-refractivity contribution >= 4 is 11.8 Å². The van der Waals surface area contributed by atoms with E-state index >= 15 is 0 Å². The summed E-state index contributed by atoms with van der Waals surface area (Å²) in [5.41, 5.74) is 0.0408. The van der Waals surface area contributed by atoms with Crippen LogP contribution in [0.4, 0.5) is 0 Å². The van der Waals surface area contributed by atoms with Crippen molar-refractivity contribution in [2.45, 2.75) is 116 Å². The van der Waals surface area contributed by atoms with Gasteiger partial charge >= 0.3 is 5.97 Å². The molecule has 0 aromatic heterocycles. The van der Waals surface area contributed by atoms with Crippen LogP contribution in [0.3, 0.4) is 0 Å². The lowest BCUT2D eigenvalue weighted by molar-refractivity contribution is -0.300. The highest BCUT2D eigenvalue weighted by atomic mass is 16.7. The lowest BCUT2D eigenvalue weighted by Crippen LogP contribution is -2.54. The van der Waals surface area contributed by atoms with E-state index in [1.165, 1.54) is 0 Å². The number of aliphatic hydroxyl groups is 2. The van der Waals surface area contributed by atoms with Gasteiger partial charge in [0.25, 0.3) is 0 Å². The standard InChI is InChI=1S/C34H48O7/c1-8-20(2)31-23(5)14-15-33(41-31)18-27-17-26(40-33)13-12-22(4)30(36)21(3)10-9-11-25(7)34(38)19-29(35)24(6)16-28(34)32(37)39-27/h9-12,14-16,20-21,23,26-28,30-31,36,38H,8,13,17-19H2,1-7H3/b10-9+,22-12+,25-11+/t20?,21-,23-,26+,27-,28-,30-,31+,33-,34+/m0/s1. The molecule has 1 unspecified atom stereocenters. The fraction of sp³-hybridized carbons (Fsp3) is 0.647. The quantitative estimate of drug-likeness (QED) is 0.334. The Bertz CT molecular complexity index is 1160. The molecule has 226 valence electrons. The van der Waals surface area contributed by atoms with Gasteiger partial charge in [0.2, 0.25) is 0 Å². The lowest BCUT2D eigenvalue weighted by Gasteiger charge is -2.48. The molecule has 10 atom stereocenters. The molecule has 0 aromatic rings. The Morgan fingerprint density at radius 2 is 1.80 bits per heavy atom. The van der Waals surface area contributed by atoms with E-state index < -0.39 is 35.5 Å². The van der Waals surface area contributed by atoms with E-state index in [1.54, 1.807) is 32.1 Å². The average molecular weight is 569 g/mol. The summed E-state index contributed by atoms with van der Waals surface area (Å²) >= 11 is 0. The summed E-state index contributed by atoms with van der Waals surface area (Å²) in [6, 6.07) is 0. The maximum absolute atomic E-state index is 13.8. The third-order valence-electron chi connectivity index (χ3n) is 9.57. The van der Waals surface area contributed by atoms with E-state index in [4.69, 9.17) is 14.2 Å². The smallest absolute Gasteiger partial charge is 0.316 e. The highest BCUT2D eigenvalue weighted by Crippen LogP contribution is 2.43. The van der Waals surface area contributed by atoms with E-state index in [0.717, 1.165) is 12.0 Å². The number of esters is 1. The zero-order valence-corrected chi connectivity index (χ0v) is 25.6. The SMILES string of the molecule is CCC(C)[C@H]1O[C@@]2(C=C[C@@H]1C)C[C@@H]1C[C@@H](C/C=C(\C)[C@@H](O)[C@@H](C)/C=C/C=C(\C)[C@]3(O)CC(=O)C(C)=C[C@H]3C(=O)O1)O2. The maximum atomic E-state index is 13.8. The molecule has 1 spiro atoms. The van der Waals surface area contributed by atoms with Crippen molar-refractivity contribution in [1.29, 1.82) is 0 Å². The second-order valence-corrected chi connectivity index (χ2v) is 12.8. The van der Waals surface area contributed by atoms with Crippen LogP contribution in [0.15, 0.2) is 59.3 Å². The first-order chi connectivity index (χ1) is 19.3. The number of rotatable bonds is 2. The second-order valence-electron chi connectivity index (χ2n) is 12.8. The molecule has 0 radical (unpaired) electrons. The minimum absolute atomic E-state index is 0.0440. The van der Waals surface area contributed by atoms with Crippen molar-refractivity contribution in [3.05, 3.63) is 59.3 Å². The predicted molar refractivity (Wildman–Crippen MR) is 158 cm³/mol. The van der Waals surface area contributed by atoms with Crippen LogP contribution < -0.4 is 0 Å². The minimum Gasteiger partial charge on any atom is -0.462 e. The molecule has 1 aliphatic carbocycles. The van der Waals surface area contributed by atoms with Gasteiger partial charge in [-0.3, -0.25) is 9.59 Å². The zero-order chi connectivity index (χ0) is 30.1. The van der Waals surface area contributed by atoms with Gasteiger partial charge in [-0.2, -0.15) is 0 Å². The molecule has 4 aliphatic rings. The Kier molecular flexibility index (Phi) is 9.64. The second kappa shape index (κ2) is 12.5. The average Bonchev–Trinajstić information content (AvgIpc) is 2.93. The van der Waals surface area contributed by atoms with Crippen LogP contribution in [0.1, 0.15) is 80.6 Å². The number of fused-ring (bicyclic) bond motifs is 3. The van der Waals surface area contributed by atoms with Gasteiger partial charge in [-0.15, -0.1) is 0 Å². The van der Waals surface area contributed by atoms with Gasteiger partial charge < -0.3 is 24.4 Å². The third kappa shape index (κ3) is 6.69. The van der Waals surface area contributed by atoms with Crippen LogP contribution in [-0.4, -0.2) is 57.8 Å². The van der Waals surface area contributed by atoms with Gasteiger partial charge in [-0.1, -0.05) is 70.6 Å². The summed E-state index contributed by atoms with van der Waals surface area (Å²) in [4.78, 5) is 26.5. The van der Waals surface area contributed by atoms with Crippen molar-refractivity contribution in [3.63, 3.8) is 0 Å². The summed E-state index contributed by atoms with van der Waals surface area (Å²) in [5.74, 6) is -2.51. The van der Waals surface area contributed by atoms with Crippen LogP contribution >= 0.6 is 0 Å². The number of carbonyl (C=O) groups is 2. The first-order valence-corrected chi connectivity index (χ1v) is 15.2. The first-order valence-electron chi connectivity index (χ1n) is 15.2. The van der Waals surface area contributed by atoms with E-state index in [9.17, 15) is 19.8 Å². The summed E-state index contributed by atoms with van der Waals surface area (Å²) in [5, 5.41) is 22.8. The molecule has 4 rings (SSSR count). The van der Waals surface area contributed by atoms with Crippen molar-refractivity contribution in [1.82, 2.24) is 0 Å². The van der Waals surface area contributed by atoms with Gasteiger partial charge in [0, 0.05) is 31.1 Å². The Hall–Kier alpha value is -2.32. The van der Waals surface area contributed by atoms with Crippen LogP contribution in [0, 0.1) is 23.7 Å². The highest BCUT2D eigenvalue weighted by molar-refractivity contribution is 5.99. The summed E-state index contributed by atoms with van der Waals surface area (Å²) in [7, 11) is 0. The Labute approximate surface area is 245 Å². The number of ketones is 1. The topological polar surface area (TPSA) is 102 Å². The third-order valence-corrected chi connectivity index (χ3v) is 9.57. The molecular weight excluding hydrogens is 520 g/mol. The minimum atomic E-state index is -1.71. The molecule has 1 fully saturated rings. The molecule has 3 heterocycles. The van der Waals surface area contributed by atoms with Gasteiger partial charge in [-0.25, -0.2) is 0 Å². The van der Waals surface area contributed by atoms with E-state index in [-0.39, 0.29) is 36.2 Å². The molecule has 3 aliphatic heterocycles.